The van der Waals surface area contributed by atoms with E-state index in [1.165, 1.54) is 9.87 Å². The molecule has 0 spiro atoms. The van der Waals surface area contributed by atoms with Crippen molar-refractivity contribution in [2.45, 2.75) is 40.2 Å². The number of nitrogens with zero attached hydrogens (tertiary/aromatic N) is 3. The molecule has 9 heteroatoms. The maximum absolute atomic E-state index is 11.8. The van der Waals surface area contributed by atoms with E-state index in [4.69, 9.17) is 4.99 Å². The fourth-order valence-corrected chi connectivity index (χ4v) is 4.01. The summed E-state index contributed by atoms with van der Waals surface area (Å²) in [6.45, 7) is 12.6. The Kier molecular flexibility index (Phi) is 15.3. The van der Waals surface area contributed by atoms with Gasteiger partial charge in [0.25, 0.3) is 0 Å². The second-order valence-electron chi connectivity index (χ2n) is 6.87. The van der Waals surface area contributed by atoms with Crippen LogP contribution in [0.25, 0.3) is 0 Å². The summed E-state index contributed by atoms with van der Waals surface area (Å²) in [5.74, 6) is 0.898. The number of hydrogen-bond acceptors (Lipinski definition) is 4. The quantitative estimate of drug-likeness (QED) is 0.170. The minimum absolute atomic E-state index is 0. The van der Waals surface area contributed by atoms with Crippen LogP contribution in [0.15, 0.2) is 35.3 Å². The van der Waals surface area contributed by atoms with Crippen LogP contribution in [0.5, 0.6) is 0 Å². The first kappa shape index (κ1) is 29.1. The van der Waals surface area contributed by atoms with Crippen molar-refractivity contribution in [3.8, 4) is 0 Å². The van der Waals surface area contributed by atoms with E-state index in [2.05, 4.69) is 53.6 Å². The van der Waals surface area contributed by atoms with Gasteiger partial charge in [-0.25, -0.2) is 12.7 Å². The zero-order valence-corrected chi connectivity index (χ0v) is 22.2. The average molecular weight is 554 g/mol. The van der Waals surface area contributed by atoms with Crippen molar-refractivity contribution in [3.63, 3.8) is 0 Å². The first-order valence-corrected chi connectivity index (χ1v) is 12.3. The van der Waals surface area contributed by atoms with Gasteiger partial charge in [-0.3, -0.25) is 9.89 Å². The molecule has 0 bridgehead atoms. The molecule has 0 amide bonds. The summed E-state index contributed by atoms with van der Waals surface area (Å²) in [5.41, 5.74) is 1.27. The van der Waals surface area contributed by atoms with E-state index >= 15 is 0 Å². The number of benzene rings is 1. The molecule has 0 heterocycles. The lowest BCUT2D eigenvalue weighted by atomic mass is 10.1. The highest BCUT2D eigenvalue weighted by Gasteiger charge is 2.18. The predicted molar refractivity (Wildman–Crippen MR) is 138 cm³/mol. The van der Waals surface area contributed by atoms with E-state index in [1.54, 1.807) is 14.0 Å². The molecule has 1 aromatic carbocycles. The van der Waals surface area contributed by atoms with Crippen LogP contribution in [0.2, 0.25) is 0 Å². The highest BCUT2D eigenvalue weighted by Crippen LogP contribution is 2.20. The van der Waals surface area contributed by atoms with Crippen molar-refractivity contribution in [2.75, 3.05) is 52.1 Å². The molecule has 30 heavy (non-hydrogen) atoms. The van der Waals surface area contributed by atoms with Crippen LogP contribution in [0.4, 0.5) is 0 Å². The van der Waals surface area contributed by atoms with Crippen molar-refractivity contribution in [1.82, 2.24) is 19.8 Å². The summed E-state index contributed by atoms with van der Waals surface area (Å²) in [7, 11) is -1.49. The summed E-state index contributed by atoms with van der Waals surface area (Å²) < 4.78 is 25.1. The second kappa shape index (κ2) is 15.8. The SMILES string of the molecule is CCNC(=NCC(c1ccccc1)N(CC)CC)NCCCN(C)S(=O)(=O)CC.I. The minimum atomic E-state index is -3.12. The van der Waals surface area contributed by atoms with Gasteiger partial charge in [-0.2, -0.15) is 0 Å². The molecule has 0 aliphatic rings. The summed E-state index contributed by atoms with van der Waals surface area (Å²) in [6, 6.07) is 10.7. The lowest BCUT2D eigenvalue weighted by molar-refractivity contribution is 0.224. The molecule has 0 radical (unpaired) electrons. The maximum Gasteiger partial charge on any atom is 0.213 e. The molecule has 0 saturated carbocycles. The number of nitrogens with one attached hydrogen (secondary N) is 2. The van der Waals surface area contributed by atoms with Crippen molar-refractivity contribution < 1.29 is 8.42 Å². The van der Waals surface area contributed by atoms with Crippen LogP contribution in [0.3, 0.4) is 0 Å². The zero-order chi connectivity index (χ0) is 21.7. The molecule has 7 nitrogen and oxygen atoms in total. The summed E-state index contributed by atoms with van der Waals surface area (Å²) in [6.07, 6.45) is 0.721. The van der Waals surface area contributed by atoms with Crippen molar-refractivity contribution >= 4 is 40.0 Å². The molecule has 0 saturated heterocycles. The minimum Gasteiger partial charge on any atom is -0.357 e. The maximum atomic E-state index is 11.8. The van der Waals surface area contributed by atoms with E-state index in [9.17, 15) is 8.42 Å². The van der Waals surface area contributed by atoms with Gasteiger partial charge in [-0.15, -0.1) is 24.0 Å². The first-order valence-electron chi connectivity index (χ1n) is 10.6. The van der Waals surface area contributed by atoms with E-state index in [0.29, 0.717) is 19.6 Å². The standard InChI is InChI=1S/C21H39N5O2S.HI/c1-6-22-21(23-16-13-17-25(5)29(27,28)9-4)24-18-20(26(7-2)8-3)19-14-11-10-12-15-19;/h10-12,14-15,20H,6-9,13,16-18H2,1-5H3,(H2,22,23,24);1H. The molecule has 0 aromatic heterocycles. The molecule has 0 aliphatic carbocycles. The van der Waals surface area contributed by atoms with Gasteiger partial charge in [0.2, 0.25) is 10.0 Å². The van der Waals surface area contributed by atoms with Crippen LogP contribution in [-0.2, 0) is 10.0 Å². The number of aliphatic imine (C=N–C) groups is 1. The topological polar surface area (TPSA) is 77.0 Å². The third-order valence-corrected chi connectivity index (χ3v) is 6.85. The smallest absolute Gasteiger partial charge is 0.213 e. The van der Waals surface area contributed by atoms with Crippen LogP contribution in [0.1, 0.15) is 45.7 Å². The van der Waals surface area contributed by atoms with Gasteiger partial charge in [-0.1, -0.05) is 44.2 Å². The normalized spacial score (nSPS) is 13.2. The third-order valence-electron chi connectivity index (χ3n) is 4.99. The second-order valence-corrected chi connectivity index (χ2v) is 9.23. The van der Waals surface area contributed by atoms with Crippen LogP contribution in [0, 0.1) is 0 Å². The molecule has 1 atom stereocenters. The lowest BCUT2D eigenvalue weighted by Gasteiger charge is -2.29. The van der Waals surface area contributed by atoms with Gasteiger partial charge < -0.3 is 10.6 Å². The van der Waals surface area contributed by atoms with Crippen LogP contribution >= 0.6 is 24.0 Å². The Morgan fingerprint density at radius 3 is 2.23 bits per heavy atom. The number of rotatable bonds is 13. The van der Waals surface area contributed by atoms with Gasteiger partial charge >= 0.3 is 0 Å². The number of sulfonamides is 1. The van der Waals surface area contributed by atoms with Gasteiger partial charge in [0.05, 0.1) is 18.3 Å². The van der Waals surface area contributed by atoms with E-state index in [-0.39, 0.29) is 35.8 Å². The highest BCUT2D eigenvalue weighted by molar-refractivity contribution is 14.0. The highest BCUT2D eigenvalue weighted by atomic mass is 127. The average Bonchev–Trinajstić information content (AvgIpc) is 2.74. The molecule has 1 rings (SSSR count). The molecule has 2 N–H and O–H groups in total. The largest absolute Gasteiger partial charge is 0.357 e. The lowest BCUT2D eigenvalue weighted by Crippen LogP contribution is -2.40. The Bertz CT molecular complexity index is 697. The summed E-state index contributed by atoms with van der Waals surface area (Å²) >= 11 is 0. The first-order chi connectivity index (χ1) is 13.9. The molecule has 174 valence electrons. The molecular formula is C21H40IN5O2S. The number of hydrogen-bond donors (Lipinski definition) is 2. The van der Waals surface area contributed by atoms with Gasteiger partial charge in [0.15, 0.2) is 5.96 Å². The van der Waals surface area contributed by atoms with Crippen molar-refractivity contribution in [2.24, 2.45) is 4.99 Å². The Balaban J connectivity index is 0.00000841. The van der Waals surface area contributed by atoms with E-state index in [0.717, 1.165) is 32.0 Å². The van der Waals surface area contributed by atoms with Gasteiger partial charge in [0.1, 0.15) is 0 Å². The van der Waals surface area contributed by atoms with Crippen LogP contribution < -0.4 is 10.6 Å². The van der Waals surface area contributed by atoms with Gasteiger partial charge in [0, 0.05) is 26.7 Å². The summed E-state index contributed by atoms with van der Waals surface area (Å²) in [4.78, 5) is 7.22. The Hall–Kier alpha value is -0.910. The van der Waals surface area contributed by atoms with Gasteiger partial charge in [-0.05, 0) is 38.9 Å². The van der Waals surface area contributed by atoms with E-state index in [1.807, 2.05) is 13.0 Å². The fraction of sp³-hybridized carbons (Fsp3) is 0.667. The molecular weight excluding hydrogens is 513 g/mol. The Morgan fingerprint density at radius 1 is 1.07 bits per heavy atom. The zero-order valence-electron chi connectivity index (χ0n) is 19.1. The number of guanidine groups is 1. The number of likely N-dealkylation sites (N-methyl/N-ethyl adjacent to an activating group) is 1. The fourth-order valence-electron chi connectivity index (χ4n) is 3.16. The van der Waals surface area contributed by atoms with E-state index < -0.39 is 10.0 Å². The Morgan fingerprint density at radius 2 is 1.70 bits per heavy atom. The van der Waals surface area contributed by atoms with Crippen molar-refractivity contribution in [3.05, 3.63) is 35.9 Å². The number of halogens is 1. The summed E-state index contributed by atoms with van der Waals surface area (Å²) in [5, 5.41) is 6.61. The monoisotopic (exact) mass is 553 g/mol. The van der Waals surface area contributed by atoms with Crippen molar-refractivity contribution in [1.29, 1.82) is 0 Å². The molecule has 0 fully saturated rings. The molecule has 1 aromatic rings. The molecule has 0 aliphatic heterocycles. The Labute approximate surface area is 200 Å². The predicted octanol–water partition coefficient (Wildman–Crippen LogP) is 2.91. The van der Waals surface area contributed by atoms with Crippen LogP contribution in [-0.4, -0.2) is 75.7 Å². The third kappa shape index (κ3) is 9.93. The molecule has 1 unspecified atom stereocenters.